The van der Waals surface area contributed by atoms with Gasteiger partial charge < -0.3 is 5.32 Å². The van der Waals surface area contributed by atoms with Crippen LogP contribution in [0.4, 0.5) is 0 Å². The molecule has 0 aliphatic carbocycles. The van der Waals surface area contributed by atoms with Gasteiger partial charge in [-0.1, -0.05) is 51.1 Å². The summed E-state index contributed by atoms with van der Waals surface area (Å²) in [6, 6.07) is 12.4. The Labute approximate surface area is 122 Å². The highest BCUT2D eigenvalue weighted by Crippen LogP contribution is 2.25. The van der Waals surface area contributed by atoms with E-state index < -0.39 is 5.92 Å². The van der Waals surface area contributed by atoms with Crippen LogP contribution in [0, 0.1) is 22.7 Å². The van der Waals surface area contributed by atoms with Gasteiger partial charge in [-0.2, -0.15) is 5.26 Å². The lowest BCUT2D eigenvalue weighted by Crippen LogP contribution is -2.41. The van der Waals surface area contributed by atoms with Gasteiger partial charge in [0, 0.05) is 6.04 Å². The van der Waals surface area contributed by atoms with Crippen LogP contribution in [0.2, 0.25) is 0 Å². The Morgan fingerprint density at radius 1 is 1.30 bits per heavy atom. The third-order valence-electron chi connectivity index (χ3n) is 3.35. The van der Waals surface area contributed by atoms with Gasteiger partial charge in [0.2, 0.25) is 5.91 Å². The van der Waals surface area contributed by atoms with Crippen molar-refractivity contribution < 1.29 is 4.79 Å². The lowest BCUT2D eigenvalue weighted by Gasteiger charge is -2.25. The fraction of sp³-hybridized carbons (Fsp3) is 0.529. The summed E-state index contributed by atoms with van der Waals surface area (Å²) in [6.07, 6.45) is 1.80. The van der Waals surface area contributed by atoms with Crippen LogP contribution in [0.5, 0.6) is 0 Å². The highest BCUT2D eigenvalue weighted by molar-refractivity contribution is 5.82. The maximum absolute atomic E-state index is 12.1. The molecular weight excluding hydrogens is 248 g/mol. The van der Waals surface area contributed by atoms with Crippen molar-refractivity contribution in [1.29, 1.82) is 5.26 Å². The highest BCUT2D eigenvalue weighted by atomic mass is 16.1. The molecule has 0 heterocycles. The SMILES string of the molecule is CC(CCc1ccccc1)NC(=O)C(C#N)C(C)(C)C. The summed E-state index contributed by atoms with van der Waals surface area (Å²) in [5.74, 6) is -0.776. The Balaban J connectivity index is 2.48. The smallest absolute Gasteiger partial charge is 0.238 e. The van der Waals surface area contributed by atoms with Crippen molar-refractivity contribution in [3.63, 3.8) is 0 Å². The molecule has 20 heavy (non-hydrogen) atoms. The molecule has 0 saturated heterocycles. The maximum Gasteiger partial charge on any atom is 0.238 e. The summed E-state index contributed by atoms with van der Waals surface area (Å²) in [5, 5.41) is 12.1. The Morgan fingerprint density at radius 3 is 2.40 bits per heavy atom. The molecule has 1 N–H and O–H groups in total. The third-order valence-corrected chi connectivity index (χ3v) is 3.35. The molecule has 0 fully saturated rings. The van der Waals surface area contributed by atoms with Crippen LogP contribution in [0.15, 0.2) is 30.3 Å². The van der Waals surface area contributed by atoms with E-state index in [-0.39, 0.29) is 17.4 Å². The molecular formula is C17H24N2O. The molecule has 1 rings (SSSR count). The number of aryl methyl sites for hydroxylation is 1. The van der Waals surface area contributed by atoms with Crippen LogP contribution in [0.3, 0.4) is 0 Å². The first-order valence-corrected chi connectivity index (χ1v) is 7.08. The largest absolute Gasteiger partial charge is 0.352 e. The predicted molar refractivity (Wildman–Crippen MR) is 80.9 cm³/mol. The zero-order chi connectivity index (χ0) is 15.2. The van der Waals surface area contributed by atoms with E-state index in [1.807, 2.05) is 45.9 Å². The Kier molecular flexibility index (Phi) is 5.76. The quantitative estimate of drug-likeness (QED) is 0.894. The average molecular weight is 272 g/mol. The summed E-state index contributed by atoms with van der Waals surface area (Å²) >= 11 is 0. The van der Waals surface area contributed by atoms with Gasteiger partial charge >= 0.3 is 0 Å². The number of carbonyl (C=O) groups is 1. The second-order valence-electron chi connectivity index (χ2n) is 6.36. The number of nitrogens with one attached hydrogen (secondary N) is 1. The van der Waals surface area contributed by atoms with E-state index in [0.717, 1.165) is 12.8 Å². The number of hydrogen-bond donors (Lipinski definition) is 1. The zero-order valence-corrected chi connectivity index (χ0v) is 12.8. The summed E-state index contributed by atoms with van der Waals surface area (Å²) in [4.78, 5) is 12.1. The number of rotatable bonds is 5. The number of amides is 1. The van der Waals surface area contributed by atoms with Gasteiger partial charge in [0.05, 0.1) is 6.07 Å². The summed E-state index contributed by atoms with van der Waals surface area (Å²) in [5.41, 5.74) is 0.930. The van der Waals surface area contributed by atoms with Crippen LogP contribution in [0.1, 0.15) is 39.7 Å². The number of nitriles is 1. The monoisotopic (exact) mass is 272 g/mol. The van der Waals surface area contributed by atoms with Crippen LogP contribution in [-0.4, -0.2) is 11.9 Å². The molecule has 1 aromatic rings. The highest BCUT2D eigenvalue weighted by Gasteiger charge is 2.31. The lowest BCUT2D eigenvalue weighted by molar-refractivity contribution is -0.126. The molecule has 0 bridgehead atoms. The number of carbonyl (C=O) groups excluding carboxylic acids is 1. The van der Waals surface area contributed by atoms with Crippen molar-refractivity contribution >= 4 is 5.91 Å². The van der Waals surface area contributed by atoms with E-state index in [1.165, 1.54) is 5.56 Å². The molecule has 0 aliphatic heterocycles. The summed E-state index contributed by atoms with van der Waals surface area (Å²) < 4.78 is 0. The van der Waals surface area contributed by atoms with E-state index in [1.54, 1.807) is 0 Å². The first-order valence-electron chi connectivity index (χ1n) is 7.08. The van der Waals surface area contributed by atoms with Gasteiger partial charge in [0.1, 0.15) is 5.92 Å². The third kappa shape index (κ3) is 5.05. The summed E-state index contributed by atoms with van der Waals surface area (Å²) in [6.45, 7) is 7.72. The molecule has 3 heteroatoms. The molecule has 0 saturated carbocycles. The fourth-order valence-corrected chi connectivity index (χ4v) is 2.07. The topological polar surface area (TPSA) is 52.9 Å². The van der Waals surface area contributed by atoms with Gasteiger partial charge in [-0.05, 0) is 30.7 Å². The van der Waals surface area contributed by atoms with Crippen molar-refractivity contribution in [1.82, 2.24) is 5.32 Å². The minimum absolute atomic E-state index is 0.0703. The summed E-state index contributed by atoms with van der Waals surface area (Å²) in [7, 11) is 0. The lowest BCUT2D eigenvalue weighted by atomic mass is 9.81. The van der Waals surface area contributed by atoms with Crippen molar-refractivity contribution in [2.75, 3.05) is 0 Å². The van der Waals surface area contributed by atoms with Crippen LogP contribution in [-0.2, 0) is 11.2 Å². The molecule has 1 amide bonds. The maximum atomic E-state index is 12.1. The second kappa shape index (κ2) is 7.09. The van der Waals surface area contributed by atoms with E-state index >= 15 is 0 Å². The van der Waals surface area contributed by atoms with Gasteiger partial charge in [-0.15, -0.1) is 0 Å². The first-order chi connectivity index (χ1) is 9.34. The minimum atomic E-state index is -0.610. The Hall–Kier alpha value is -1.82. The van der Waals surface area contributed by atoms with Crippen LogP contribution < -0.4 is 5.32 Å². The standard InChI is InChI=1S/C17H24N2O/c1-13(10-11-14-8-6-5-7-9-14)19-16(20)15(12-18)17(2,3)4/h5-9,13,15H,10-11H2,1-4H3,(H,19,20). The van der Waals surface area contributed by atoms with Crippen molar-refractivity contribution in [3.05, 3.63) is 35.9 Å². The molecule has 0 aliphatic rings. The van der Waals surface area contributed by atoms with Gasteiger partial charge in [0.25, 0.3) is 0 Å². The zero-order valence-electron chi connectivity index (χ0n) is 12.8. The van der Waals surface area contributed by atoms with E-state index in [4.69, 9.17) is 5.26 Å². The average Bonchev–Trinajstić information content (AvgIpc) is 2.36. The van der Waals surface area contributed by atoms with Crippen LogP contribution in [0.25, 0.3) is 0 Å². The molecule has 0 aromatic heterocycles. The van der Waals surface area contributed by atoms with Crippen LogP contribution >= 0.6 is 0 Å². The van der Waals surface area contributed by atoms with Crippen molar-refractivity contribution in [2.24, 2.45) is 11.3 Å². The van der Waals surface area contributed by atoms with E-state index in [2.05, 4.69) is 23.5 Å². The normalized spacial score (nSPS) is 14.2. The Bertz CT molecular complexity index is 468. The molecule has 3 nitrogen and oxygen atoms in total. The van der Waals surface area contributed by atoms with Gasteiger partial charge in [-0.3, -0.25) is 4.79 Å². The molecule has 108 valence electrons. The predicted octanol–water partition coefficient (Wildman–Crippen LogP) is 3.31. The first kappa shape index (κ1) is 16.2. The number of nitrogens with zero attached hydrogens (tertiary/aromatic N) is 1. The number of hydrogen-bond acceptors (Lipinski definition) is 2. The molecule has 0 spiro atoms. The van der Waals surface area contributed by atoms with Crippen molar-refractivity contribution in [3.8, 4) is 6.07 Å². The Morgan fingerprint density at radius 2 is 1.90 bits per heavy atom. The molecule has 2 unspecified atom stereocenters. The molecule has 0 radical (unpaired) electrons. The van der Waals surface area contributed by atoms with Gasteiger partial charge in [-0.25, -0.2) is 0 Å². The minimum Gasteiger partial charge on any atom is -0.352 e. The fourth-order valence-electron chi connectivity index (χ4n) is 2.07. The second-order valence-corrected chi connectivity index (χ2v) is 6.36. The van der Waals surface area contributed by atoms with Crippen molar-refractivity contribution in [2.45, 2.75) is 46.6 Å². The van der Waals surface area contributed by atoms with E-state index in [9.17, 15) is 4.79 Å². The van der Waals surface area contributed by atoms with Gasteiger partial charge in [0.15, 0.2) is 0 Å². The molecule has 1 aromatic carbocycles. The van der Waals surface area contributed by atoms with E-state index in [0.29, 0.717) is 0 Å². The molecule has 2 atom stereocenters. The number of benzene rings is 1.